The molecule has 19 heavy (non-hydrogen) atoms. The molecule has 1 aromatic heterocycles. The molecule has 0 radical (unpaired) electrons. The van der Waals surface area contributed by atoms with Crippen LogP contribution in [0.15, 0.2) is 48.7 Å². The molecule has 1 aliphatic rings. The number of hydrogen-bond donors (Lipinski definition) is 1. The zero-order valence-corrected chi connectivity index (χ0v) is 11.1. The van der Waals surface area contributed by atoms with Gasteiger partial charge in [0.2, 0.25) is 0 Å². The van der Waals surface area contributed by atoms with Crippen LogP contribution in [-0.2, 0) is 6.42 Å². The number of nitrogen functional groups attached to an aromatic ring is 1. The van der Waals surface area contributed by atoms with E-state index in [9.17, 15) is 0 Å². The molecule has 2 N–H and O–H groups in total. The minimum atomic E-state index is 0. The van der Waals surface area contributed by atoms with Gasteiger partial charge in [-0.2, -0.15) is 0 Å². The molecule has 0 aliphatic heterocycles. The van der Waals surface area contributed by atoms with Crippen molar-refractivity contribution in [2.45, 2.75) is 6.42 Å². The lowest BCUT2D eigenvalue weighted by molar-refractivity contribution is 1.27. The van der Waals surface area contributed by atoms with E-state index in [0.29, 0.717) is 5.82 Å². The molecule has 2 nitrogen and oxygen atoms in total. The Balaban J connectivity index is 0.00000110. The number of nitrogens with two attached hydrogens (primary N) is 1. The number of rotatable bonds is 0. The summed E-state index contributed by atoms with van der Waals surface area (Å²) >= 11 is 0. The van der Waals surface area contributed by atoms with Gasteiger partial charge in [-0.3, -0.25) is 0 Å². The van der Waals surface area contributed by atoms with Gasteiger partial charge in [-0.25, -0.2) is 4.98 Å². The summed E-state index contributed by atoms with van der Waals surface area (Å²) in [6, 6.07) is 14.9. The molecular formula is C16H13ClN2. The SMILES string of the molecule is Cl.Nc1nccc2ccc3c(c12)Cc1ccccc1-3. The molecule has 0 atom stereocenters. The molecule has 4 rings (SSSR count). The third-order valence-electron chi connectivity index (χ3n) is 3.74. The number of aromatic nitrogens is 1. The molecule has 0 saturated carbocycles. The summed E-state index contributed by atoms with van der Waals surface area (Å²) in [5, 5.41) is 2.29. The molecule has 3 aromatic rings. The van der Waals surface area contributed by atoms with Crippen molar-refractivity contribution in [1.29, 1.82) is 0 Å². The fourth-order valence-corrected chi connectivity index (χ4v) is 2.93. The van der Waals surface area contributed by atoms with Crippen molar-refractivity contribution in [3.63, 3.8) is 0 Å². The van der Waals surface area contributed by atoms with Crippen molar-refractivity contribution in [2.24, 2.45) is 0 Å². The third-order valence-corrected chi connectivity index (χ3v) is 3.74. The third kappa shape index (κ3) is 1.60. The summed E-state index contributed by atoms with van der Waals surface area (Å²) in [5.41, 5.74) is 11.4. The Morgan fingerprint density at radius 1 is 0.947 bits per heavy atom. The highest BCUT2D eigenvalue weighted by atomic mass is 35.5. The number of benzene rings is 2. The molecule has 0 spiro atoms. The van der Waals surface area contributed by atoms with Gasteiger partial charge in [-0.15, -0.1) is 12.4 Å². The van der Waals surface area contributed by atoms with E-state index in [4.69, 9.17) is 5.73 Å². The second-order valence-corrected chi connectivity index (χ2v) is 4.72. The van der Waals surface area contributed by atoms with E-state index in [2.05, 4.69) is 41.4 Å². The number of hydrogen-bond acceptors (Lipinski definition) is 2. The van der Waals surface area contributed by atoms with Crippen LogP contribution in [0.25, 0.3) is 21.9 Å². The van der Waals surface area contributed by atoms with Gasteiger partial charge < -0.3 is 5.73 Å². The molecule has 0 fully saturated rings. The van der Waals surface area contributed by atoms with E-state index in [1.54, 1.807) is 6.20 Å². The van der Waals surface area contributed by atoms with Gasteiger partial charge in [0.1, 0.15) is 5.82 Å². The second kappa shape index (κ2) is 4.25. The molecule has 0 saturated heterocycles. The maximum absolute atomic E-state index is 6.05. The molecule has 0 amide bonds. The van der Waals surface area contributed by atoms with Gasteiger partial charge >= 0.3 is 0 Å². The standard InChI is InChI=1S/C16H12N2.ClH/c17-16-15-10(7-8-18-16)5-6-13-12-4-2-1-3-11(12)9-14(13)15;/h1-8H,9H2,(H2,17,18);1H. The molecule has 3 heteroatoms. The Bertz CT molecular complexity index is 781. The van der Waals surface area contributed by atoms with Gasteiger partial charge in [-0.1, -0.05) is 36.4 Å². The van der Waals surface area contributed by atoms with E-state index in [-0.39, 0.29) is 12.4 Å². The molecule has 1 heterocycles. The minimum Gasteiger partial charge on any atom is -0.383 e. The Morgan fingerprint density at radius 3 is 2.68 bits per heavy atom. The van der Waals surface area contributed by atoms with Gasteiger partial charge in [0.05, 0.1) is 0 Å². The summed E-state index contributed by atoms with van der Waals surface area (Å²) in [6.45, 7) is 0. The van der Waals surface area contributed by atoms with E-state index in [1.807, 2.05) is 6.07 Å². The number of anilines is 1. The van der Waals surface area contributed by atoms with Crippen molar-refractivity contribution < 1.29 is 0 Å². The zero-order chi connectivity index (χ0) is 12.1. The van der Waals surface area contributed by atoms with E-state index in [0.717, 1.165) is 11.8 Å². The van der Waals surface area contributed by atoms with Crippen LogP contribution in [0.3, 0.4) is 0 Å². The first kappa shape index (κ1) is 12.0. The lowest BCUT2D eigenvalue weighted by Gasteiger charge is -2.07. The second-order valence-electron chi connectivity index (χ2n) is 4.72. The van der Waals surface area contributed by atoms with Crippen molar-refractivity contribution in [1.82, 2.24) is 4.98 Å². The van der Waals surface area contributed by atoms with Crippen molar-refractivity contribution in [3.05, 3.63) is 59.8 Å². The first-order chi connectivity index (χ1) is 8.84. The Labute approximate surface area is 117 Å². The van der Waals surface area contributed by atoms with Crippen LogP contribution in [0.5, 0.6) is 0 Å². The molecule has 0 unspecified atom stereocenters. The van der Waals surface area contributed by atoms with Crippen LogP contribution < -0.4 is 5.73 Å². The Morgan fingerprint density at radius 2 is 1.79 bits per heavy atom. The predicted octanol–water partition coefficient (Wildman–Crippen LogP) is 3.81. The Hall–Kier alpha value is -2.06. The number of fused-ring (bicyclic) bond motifs is 5. The van der Waals surface area contributed by atoms with Crippen LogP contribution in [0, 0.1) is 0 Å². The lowest BCUT2D eigenvalue weighted by Crippen LogP contribution is -1.94. The number of pyridine rings is 1. The highest BCUT2D eigenvalue weighted by molar-refractivity contribution is 6.00. The van der Waals surface area contributed by atoms with Crippen molar-refractivity contribution in [3.8, 4) is 11.1 Å². The molecular weight excluding hydrogens is 256 g/mol. The van der Waals surface area contributed by atoms with E-state index < -0.39 is 0 Å². The normalized spacial score (nSPS) is 11.8. The number of nitrogens with zero attached hydrogens (tertiary/aromatic N) is 1. The quantitative estimate of drug-likeness (QED) is 0.527. The van der Waals surface area contributed by atoms with Crippen LogP contribution in [0.4, 0.5) is 5.82 Å². The van der Waals surface area contributed by atoms with Gasteiger partial charge in [0, 0.05) is 11.6 Å². The van der Waals surface area contributed by atoms with Crippen LogP contribution in [0.2, 0.25) is 0 Å². The summed E-state index contributed by atoms with van der Waals surface area (Å²) in [5.74, 6) is 0.636. The van der Waals surface area contributed by atoms with Crippen LogP contribution >= 0.6 is 12.4 Å². The Kier molecular flexibility index (Phi) is 2.68. The smallest absolute Gasteiger partial charge is 0.131 e. The van der Waals surface area contributed by atoms with Crippen molar-refractivity contribution in [2.75, 3.05) is 5.73 Å². The van der Waals surface area contributed by atoms with Crippen LogP contribution in [-0.4, -0.2) is 4.98 Å². The minimum absolute atomic E-state index is 0. The monoisotopic (exact) mass is 268 g/mol. The van der Waals surface area contributed by atoms with Gasteiger partial charge in [0.25, 0.3) is 0 Å². The fraction of sp³-hybridized carbons (Fsp3) is 0.0625. The van der Waals surface area contributed by atoms with E-state index >= 15 is 0 Å². The van der Waals surface area contributed by atoms with Gasteiger partial charge in [0.15, 0.2) is 0 Å². The number of halogens is 1. The molecule has 1 aliphatic carbocycles. The van der Waals surface area contributed by atoms with Crippen LogP contribution in [0.1, 0.15) is 11.1 Å². The molecule has 2 aromatic carbocycles. The summed E-state index contributed by atoms with van der Waals surface area (Å²) in [6.07, 6.45) is 2.73. The summed E-state index contributed by atoms with van der Waals surface area (Å²) < 4.78 is 0. The zero-order valence-electron chi connectivity index (χ0n) is 10.3. The van der Waals surface area contributed by atoms with Crippen molar-refractivity contribution >= 4 is 29.0 Å². The maximum atomic E-state index is 6.05. The highest BCUT2D eigenvalue weighted by Gasteiger charge is 2.20. The fourth-order valence-electron chi connectivity index (χ4n) is 2.93. The molecule has 94 valence electrons. The molecule has 0 bridgehead atoms. The highest BCUT2D eigenvalue weighted by Crippen LogP contribution is 2.41. The first-order valence-corrected chi connectivity index (χ1v) is 6.09. The maximum Gasteiger partial charge on any atom is 0.131 e. The topological polar surface area (TPSA) is 38.9 Å². The average Bonchev–Trinajstić information content (AvgIpc) is 2.77. The largest absolute Gasteiger partial charge is 0.383 e. The summed E-state index contributed by atoms with van der Waals surface area (Å²) in [4.78, 5) is 4.23. The predicted molar refractivity (Wildman–Crippen MR) is 81.6 cm³/mol. The van der Waals surface area contributed by atoms with Gasteiger partial charge in [-0.05, 0) is 40.1 Å². The lowest BCUT2D eigenvalue weighted by atomic mass is 10.00. The van der Waals surface area contributed by atoms with E-state index in [1.165, 1.54) is 27.6 Å². The average molecular weight is 269 g/mol. The first-order valence-electron chi connectivity index (χ1n) is 6.09. The summed E-state index contributed by atoms with van der Waals surface area (Å²) in [7, 11) is 0.